The Morgan fingerprint density at radius 2 is 2.22 bits per heavy atom. The van der Waals surface area contributed by atoms with E-state index in [1.54, 1.807) is 6.20 Å². The second-order valence-electron chi connectivity index (χ2n) is 5.75. The molecule has 4 rings (SSSR count). The highest BCUT2D eigenvalue weighted by Gasteiger charge is 2.31. The van der Waals surface area contributed by atoms with Crippen LogP contribution >= 0.6 is 11.3 Å². The third-order valence-corrected chi connectivity index (χ3v) is 5.16. The number of benzene rings is 1. The van der Waals surface area contributed by atoms with Crippen LogP contribution in [0, 0.1) is 5.92 Å². The van der Waals surface area contributed by atoms with Gasteiger partial charge in [0.15, 0.2) is 11.5 Å². The number of hydrogen-bond acceptors (Lipinski definition) is 6. The highest BCUT2D eigenvalue weighted by atomic mass is 32.1. The average Bonchev–Trinajstić information content (AvgIpc) is 3.11. The fourth-order valence-corrected chi connectivity index (χ4v) is 3.47. The van der Waals surface area contributed by atoms with E-state index in [1.165, 1.54) is 11.3 Å². The van der Waals surface area contributed by atoms with Crippen LogP contribution in [-0.2, 0) is 0 Å². The predicted molar refractivity (Wildman–Crippen MR) is 86.7 cm³/mol. The number of nitrogens with two attached hydrogens (primary N) is 1. The van der Waals surface area contributed by atoms with Crippen LogP contribution in [0.3, 0.4) is 0 Å². The van der Waals surface area contributed by atoms with Crippen molar-refractivity contribution in [2.45, 2.75) is 18.9 Å². The Bertz CT molecular complexity index is 742. The summed E-state index contributed by atoms with van der Waals surface area (Å²) in [6.07, 6.45) is 3.90. The summed E-state index contributed by atoms with van der Waals surface area (Å²) >= 11 is 1.36. The van der Waals surface area contributed by atoms with Crippen molar-refractivity contribution in [3.05, 3.63) is 29.3 Å². The summed E-state index contributed by atoms with van der Waals surface area (Å²) in [7, 11) is 0. The first-order valence-electron chi connectivity index (χ1n) is 7.61. The maximum atomic E-state index is 12.3. The van der Waals surface area contributed by atoms with Crippen LogP contribution in [0.1, 0.15) is 22.5 Å². The van der Waals surface area contributed by atoms with E-state index in [1.807, 2.05) is 18.2 Å². The molecule has 0 bridgehead atoms. The molecule has 1 atom stereocenters. The van der Waals surface area contributed by atoms with Crippen molar-refractivity contribution in [2.75, 3.05) is 13.3 Å². The van der Waals surface area contributed by atoms with Gasteiger partial charge in [-0.25, -0.2) is 4.98 Å². The van der Waals surface area contributed by atoms with Gasteiger partial charge in [-0.15, -0.1) is 11.3 Å². The van der Waals surface area contributed by atoms with Crippen LogP contribution in [0.2, 0.25) is 0 Å². The van der Waals surface area contributed by atoms with Gasteiger partial charge in [-0.05, 0) is 37.0 Å². The summed E-state index contributed by atoms with van der Waals surface area (Å²) < 4.78 is 10.7. The second-order valence-corrected chi connectivity index (χ2v) is 6.78. The number of fused-ring (bicyclic) bond motifs is 1. The van der Waals surface area contributed by atoms with Gasteiger partial charge in [-0.1, -0.05) is 0 Å². The van der Waals surface area contributed by atoms with E-state index in [2.05, 4.69) is 10.3 Å². The quantitative estimate of drug-likeness (QED) is 0.875. The summed E-state index contributed by atoms with van der Waals surface area (Å²) in [6.45, 7) is 0.718. The Morgan fingerprint density at radius 1 is 1.39 bits per heavy atom. The van der Waals surface area contributed by atoms with Gasteiger partial charge >= 0.3 is 0 Å². The molecule has 1 aromatic carbocycles. The van der Waals surface area contributed by atoms with Crippen molar-refractivity contribution >= 4 is 17.2 Å². The summed E-state index contributed by atoms with van der Waals surface area (Å²) in [6, 6.07) is 5.73. The number of ether oxygens (including phenoxy) is 2. The molecule has 1 amide bonds. The Labute approximate surface area is 137 Å². The maximum absolute atomic E-state index is 12.3. The number of nitrogens with zero attached hydrogens (tertiary/aromatic N) is 1. The van der Waals surface area contributed by atoms with E-state index in [9.17, 15) is 4.79 Å². The van der Waals surface area contributed by atoms with Crippen LogP contribution in [0.15, 0.2) is 24.4 Å². The topological polar surface area (TPSA) is 86.5 Å². The first kappa shape index (κ1) is 14.5. The zero-order valence-corrected chi connectivity index (χ0v) is 13.3. The molecule has 0 radical (unpaired) electrons. The number of carbonyl (C=O) groups is 1. The number of nitrogens with one attached hydrogen (secondary N) is 1. The second kappa shape index (κ2) is 5.82. The Hall–Kier alpha value is -2.12. The monoisotopic (exact) mass is 331 g/mol. The third kappa shape index (κ3) is 2.89. The van der Waals surface area contributed by atoms with Gasteiger partial charge in [0.25, 0.3) is 5.91 Å². The molecule has 1 aliphatic carbocycles. The average molecular weight is 331 g/mol. The smallest absolute Gasteiger partial charge is 0.263 e. The lowest BCUT2D eigenvalue weighted by Gasteiger charge is -2.14. The lowest BCUT2D eigenvalue weighted by molar-refractivity contribution is 0.0937. The molecule has 0 saturated heterocycles. The van der Waals surface area contributed by atoms with Crippen LogP contribution in [0.5, 0.6) is 11.5 Å². The summed E-state index contributed by atoms with van der Waals surface area (Å²) in [5.41, 5.74) is 6.65. The molecule has 7 heteroatoms. The molecule has 120 valence electrons. The zero-order chi connectivity index (χ0) is 15.8. The maximum Gasteiger partial charge on any atom is 0.263 e. The Balaban J connectivity index is 1.51. The molecule has 2 aliphatic rings. The highest BCUT2D eigenvalue weighted by molar-refractivity contribution is 7.16. The van der Waals surface area contributed by atoms with Gasteiger partial charge < -0.3 is 20.5 Å². The van der Waals surface area contributed by atoms with Gasteiger partial charge in [0, 0.05) is 18.2 Å². The van der Waals surface area contributed by atoms with E-state index in [-0.39, 0.29) is 18.7 Å². The third-order valence-electron chi connectivity index (χ3n) is 4.11. The Kier molecular flexibility index (Phi) is 3.66. The van der Waals surface area contributed by atoms with Gasteiger partial charge in [0.05, 0.1) is 6.20 Å². The lowest BCUT2D eigenvalue weighted by Crippen LogP contribution is -2.41. The summed E-state index contributed by atoms with van der Waals surface area (Å²) in [5, 5.41) is 3.79. The van der Waals surface area contributed by atoms with Gasteiger partial charge in [0.1, 0.15) is 9.88 Å². The first-order valence-corrected chi connectivity index (χ1v) is 8.43. The molecule has 1 unspecified atom stereocenters. The fraction of sp³-hybridized carbons (Fsp3) is 0.375. The zero-order valence-electron chi connectivity index (χ0n) is 12.5. The standard InChI is InChI=1S/C16H17N3O3S/c17-6-11(9-1-2-9)19-15(20)14-7-18-16(23-14)10-3-4-12-13(5-10)22-8-21-12/h3-5,7,9,11H,1-2,6,8,17H2,(H,19,20). The van der Waals surface area contributed by atoms with E-state index in [0.717, 1.165) is 29.2 Å². The molecule has 6 nitrogen and oxygen atoms in total. The van der Waals surface area contributed by atoms with Gasteiger partial charge in [0.2, 0.25) is 6.79 Å². The van der Waals surface area contributed by atoms with Crippen molar-refractivity contribution < 1.29 is 14.3 Å². The molecule has 2 heterocycles. The molecule has 1 saturated carbocycles. The van der Waals surface area contributed by atoms with Crippen molar-refractivity contribution in [1.29, 1.82) is 0 Å². The molecule has 1 fully saturated rings. The number of rotatable bonds is 5. The van der Waals surface area contributed by atoms with Gasteiger partial charge in [-0.2, -0.15) is 0 Å². The first-order chi connectivity index (χ1) is 11.2. The number of thiazole rings is 1. The summed E-state index contributed by atoms with van der Waals surface area (Å²) in [4.78, 5) is 17.3. The van der Waals surface area contributed by atoms with Crippen molar-refractivity contribution in [2.24, 2.45) is 11.7 Å². The molecule has 0 spiro atoms. The summed E-state index contributed by atoms with van der Waals surface area (Å²) in [5.74, 6) is 1.88. The normalized spacial score (nSPS) is 17.1. The van der Waals surface area contributed by atoms with Gasteiger partial charge in [-0.3, -0.25) is 4.79 Å². The van der Waals surface area contributed by atoms with Crippen LogP contribution in [-0.4, -0.2) is 30.3 Å². The van der Waals surface area contributed by atoms with E-state index in [0.29, 0.717) is 23.1 Å². The van der Waals surface area contributed by atoms with Crippen LogP contribution in [0.4, 0.5) is 0 Å². The molecule has 3 N–H and O–H groups in total. The lowest BCUT2D eigenvalue weighted by atomic mass is 10.2. The van der Waals surface area contributed by atoms with E-state index < -0.39 is 0 Å². The van der Waals surface area contributed by atoms with Crippen molar-refractivity contribution in [3.8, 4) is 22.1 Å². The number of amides is 1. The van der Waals surface area contributed by atoms with E-state index >= 15 is 0 Å². The highest BCUT2D eigenvalue weighted by Crippen LogP contribution is 2.37. The minimum atomic E-state index is -0.100. The van der Waals surface area contributed by atoms with Crippen molar-refractivity contribution in [1.82, 2.24) is 10.3 Å². The number of hydrogen-bond donors (Lipinski definition) is 2. The molecule has 1 aliphatic heterocycles. The molecule has 1 aromatic heterocycles. The SMILES string of the molecule is NCC(NC(=O)c1cnc(-c2ccc3c(c2)OCO3)s1)C1CC1. The minimum absolute atomic E-state index is 0.0681. The molecule has 23 heavy (non-hydrogen) atoms. The number of carbonyl (C=O) groups excluding carboxylic acids is 1. The molecular formula is C16H17N3O3S. The van der Waals surface area contributed by atoms with Crippen LogP contribution < -0.4 is 20.5 Å². The van der Waals surface area contributed by atoms with E-state index in [4.69, 9.17) is 15.2 Å². The largest absolute Gasteiger partial charge is 0.454 e. The van der Waals surface area contributed by atoms with Crippen molar-refractivity contribution in [3.63, 3.8) is 0 Å². The molecular weight excluding hydrogens is 314 g/mol. The predicted octanol–water partition coefficient (Wildman–Crippen LogP) is 2.01. The van der Waals surface area contributed by atoms with Crippen LogP contribution in [0.25, 0.3) is 10.6 Å². The number of aromatic nitrogens is 1. The fourth-order valence-electron chi connectivity index (χ4n) is 2.65. The Morgan fingerprint density at radius 3 is 3.00 bits per heavy atom. The molecule has 2 aromatic rings. The minimum Gasteiger partial charge on any atom is -0.454 e.